The molecular weight excluding hydrogens is 232 g/mol. The summed E-state index contributed by atoms with van der Waals surface area (Å²) in [5.74, 6) is -1.19. The molecule has 0 spiro atoms. The fourth-order valence-corrected chi connectivity index (χ4v) is 2.31. The van der Waals surface area contributed by atoms with Crippen molar-refractivity contribution in [3.8, 4) is 0 Å². The smallest absolute Gasteiger partial charge is 0.317 e. The Morgan fingerprint density at radius 3 is 2.56 bits per heavy atom. The molecule has 5 heteroatoms. The highest BCUT2D eigenvalue weighted by molar-refractivity contribution is 5.77. The first kappa shape index (κ1) is 14.8. The van der Waals surface area contributed by atoms with E-state index in [0.29, 0.717) is 19.6 Å². The van der Waals surface area contributed by atoms with Crippen LogP contribution in [0.15, 0.2) is 0 Å². The molecular formula is C13H24N2O3. The fraction of sp³-hybridized carbons (Fsp3) is 0.846. The molecule has 104 valence electrons. The van der Waals surface area contributed by atoms with Gasteiger partial charge in [0.15, 0.2) is 0 Å². The molecule has 2 amide bonds. The molecule has 5 nitrogen and oxygen atoms in total. The monoisotopic (exact) mass is 256 g/mol. The number of carbonyl (C=O) groups excluding carboxylic acids is 1. The summed E-state index contributed by atoms with van der Waals surface area (Å²) in [4.78, 5) is 24.4. The Hall–Kier alpha value is -1.26. The van der Waals surface area contributed by atoms with Crippen molar-refractivity contribution in [2.75, 3.05) is 19.6 Å². The lowest BCUT2D eigenvalue weighted by atomic mass is 9.99. The SMILES string of the molecule is CCCCCCNC(=O)N1CC(C)C(C(=O)O)C1. The largest absolute Gasteiger partial charge is 0.481 e. The first-order valence-electron chi connectivity index (χ1n) is 6.81. The number of carboxylic acids is 1. The van der Waals surface area contributed by atoms with Crippen molar-refractivity contribution in [1.82, 2.24) is 10.2 Å². The Balaban J connectivity index is 2.25. The Kier molecular flexibility index (Phi) is 5.95. The van der Waals surface area contributed by atoms with E-state index in [9.17, 15) is 9.59 Å². The number of urea groups is 1. The number of amides is 2. The summed E-state index contributed by atoms with van der Waals surface area (Å²) >= 11 is 0. The molecule has 0 radical (unpaired) electrons. The molecule has 1 fully saturated rings. The van der Waals surface area contributed by atoms with Gasteiger partial charge in [-0.25, -0.2) is 4.79 Å². The average molecular weight is 256 g/mol. The molecule has 0 bridgehead atoms. The highest BCUT2D eigenvalue weighted by atomic mass is 16.4. The van der Waals surface area contributed by atoms with Crippen LogP contribution in [-0.2, 0) is 4.79 Å². The summed E-state index contributed by atoms with van der Waals surface area (Å²) in [6, 6.07) is -0.123. The normalized spacial score (nSPS) is 23.1. The highest BCUT2D eigenvalue weighted by Crippen LogP contribution is 2.22. The van der Waals surface area contributed by atoms with Crippen molar-refractivity contribution >= 4 is 12.0 Å². The zero-order valence-corrected chi connectivity index (χ0v) is 11.3. The molecule has 0 aromatic heterocycles. The van der Waals surface area contributed by atoms with E-state index in [1.165, 1.54) is 12.8 Å². The second-order valence-electron chi connectivity index (χ2n) is 5.12. The van der Waals surface area contributed by atoms with Crippen molar-refractivity contribution < 1.29 is 14.7 Å². The summed E-state index contributed by atoms with van der Waals surface area (Å²) in [5, 5.41) is 11.9. The van der Waals surface area contributed by atoms with Gasteiger partial charge in [-0.2, -0.15) is 0 Å². The van der Waals surface area contributed by atoms with Crippen LogP contribution in [0.5, 0.6) is 0 Å². The third-order valence-corrected chi connectivity index (χ3v) is 3.52. The van der Waals surface area contributed by atoms with Gasteiger partial charge in [0, 0.05) is 19.6 Å². The molecule has 1 rings (SSSR count). The van der Waals surface area contributed by atoms with Gasteiger partial charge in [-0.1, -0.05) is 33.1 Å². The van der Waals surface area contributed by atoms with Gasteiger partial charge in [-0.3, -0.25) is 4.79 Å². The molecule has 1 saturated heterocycles. The van der Waals surface area contributed by atoms with Gasteiger partial charge in [0.1, 0.15) is 0 Å². The van der Waals surface area contributed by atoms with Gasteiger partial charge in [-0.05, 0) is 12.3 Å². The van der Waals surface area contributed by atoms with E-state index < -0.39 is 11.9 Å². The van der Waals surface area contributed by atoms with E-state index in [4.69, 9.17) is 5.11 Å². The Labute approximate surface area is 109 Å². The predicted molar refractivity (Wildman–Crippen MR) is 69.4 cm³/mol. The Bertz CT molecular complexity index is 294. The first-order valence-corrected chi connectivity index (χ1v) is 6.81. The molecule has 0 aromatic carbocycles. The number of unbranched alkanes of at least 4 members (excludes halogenated alkanes) is 3. The maximum atomic E-state index is 11.8. The highest BCUT2D eigenvalue weighted by Gasteiger charge is 2.36. The minimum absolute atomic E-state index is 0.0355. The summed E-state index contributed by atoms with van der Waals surface area (Å²) in [6.45, 7) is 5.58. The van der Waals surface area contributed by atoms with Crippen molar-refractivity contribution in [3.05, 3.63) is 0 Å². The lowest BCUT2D eigenvalue weighted by Crippen LogP contribution is -2.39. The van der Waals surface area contributed by atoms with Crippen molar-refractivity contribution in [3.63, 3.8) is 0 Å². The van der Waals surface area contributed by atoms with Crippen LogP contribution in [0.25, 0.3) is 0 Å². The summed E-state index contributed by atoms with van der Waals surface area (Å²) < 4.78 is 0. The van der Waals surface area contributed by atoms with Crippen LogP contribution in [0.4, 0.5) is 4.79 Å². The molecule has 2 unspecified atom stereocenters. The first-order chi connectivity index (χ1) is 8.56. The summed E-state index contributed by atoms with van der Waals surface area (Å²) in [7, 11) is 0. The van der Waals surface area contributed by atoms with Crippen LogP contribution in [0.1, 0.15) is 39.5 Å². The number of likely N-dealkylation sites (tertiary alicyclic amines) is 1. The van der Waals surface area contributed by atoms with E-state index in [1.54, 1.807) is 4.90 Å². The number of carboxylic acid groups (broad SMARTS) is 1. The molecule has 18 heavy (non-hydrogen) atoms. The second kappa shape index (κ2) is 7.24. The van der Waals surface area contributed by atoms with Crippen LogP contribution in [0.2, 0.25) is 0 Å². The van der Waals surface area contributed by atoms with Gasteiger partial charge < -0.3 is 15.3 Å². The second-order valence-corrected chi connectivity index (χ2v) is 5.12. The third-order valence-electron chi connectivity index (χ3n) is 3.52. The number of hydrogen-bond donors (Lipinski definition) is 2. The molecule has 0 saturated carbocycles. The zero-order chi connectivity index (χ0) is 13.5. The molecule has 1 heterocycles. The van der Waals surface area contributed by atoms with Gasteiger partial charge in [0.2, 0.25) is 0 Å². The van der Waals surface area contributed by atoms with Gasteiger partial charge in [-0.15, -0.1) is 0 Å². The van der Waals surface area contributed by atoms with E-state index in [0.717, 1.165) is 12.8 Å². The standard InChI is InChI=1S/C13H24N2O3/c1-3-4-5-6-7-14-13(18)15-8-10(2)11(9-15)12(16)17/h10-11H,3-9H2,1-2H3,(H,14,18)(H,16,17). The maximum absolute atomic E-state index is 11.8. The Morgan fingerprint density at radius 1 is 1.28 bits per heavy atom. The molecule has 2 atom stereocenters. The predicted octanol–water partition coefficient (Wildman–Crippen LogP) is 1.93. The quantitative estimate of drug-likeness (QED) is 0.713. The van der Waals surface area contributed by atoms with Crippen LogP contribution in [0, 0.1) is 11.8 Å². The van der Waals surface area contributed by atoms with Crippen LogP contribution in [0.3, 0.4) is 0 Å². The lowest BCUT2D eigenvalue weighted by Gasteiger charge is -2.16. The molecule has 0 aromatic rings. The third kappa shape index (κ3) is 4.20. The van der Waals surface area contributed by atoms with Crippen LogP contribution < -0.4 is 5.32 Å². The van der Waals surface area contributed by atoms with E-state index in [-0.39, 0.29) is 11.9 Å². The minimum Gasteiger partial charge on any atom is -0.481 e. The fourth-order valence-electron chi connectivity index (χ4n) is 2.31. The molecule has 1 aliphatic heterocycles. The number of aliphatic carboxylic acids is 1. The number of carbonyl (C=O) groups is 2. The average Bonchev–Trinajstić information content (AvgIpc) is 2.71. The van der Waals surface area contributed by atoms with Gasteiger partial charge >= 0.3 is 12.0 Å². The molecule has 0 aliphatic carbocycles. The number of nitrogens with zero attached hydrogens (tertiary/aromatic N) is 1. The maximum Gasteiger partial charge on any atom is 0.317 e. The van der Waals surface area contributed by atoms with Gasteiger partial charge in [0.05, 0.1) is 5.92 Å². The van der Waals surface area contributed by atoms with Crippen molar-refractivity contribution in [1.29, 1.82) is 0 Å². The van der Waals surface area contributed by atoms with Crippen molar-refractivity contribution in [2.24, 2.45) is 11.8 Å². The van der Waals surface area contributed by atoms with Crippen LogP contribution >= 0.6 is 0 Å². The van der Waals surface area contributed by atoms with E-state index in [1.807, 2.05) is 6.92 Å². The van der Waals surface area contributed by atoms with Crippen LogP contribution in [-0.4, -0.2) is 41.6 Å². The van der Waals surface area contributed by atoms with E-state index in [2.05, 4.69) is 12.2 Å². The molecule has 2 N–H and O–H groups in total. The molecule has 1 aliphatic rings. The zero-order valence-electron chi connectivity index (χ0n) is 11.3. The lowest BCUT2D eigenvalue weighted by molar-refractivity contribution is -0.142. The Morgan fingerprint density at radius 2 is 2.00 bits per heavy atom. The number of nitrogens with one attached hydrogen (secondary N) is 1. The minimum atomic E-state index is -0.805. The topological polar surface area (TPSA) is 69.6 Å². The summed E-state index contributed by atoms with van der Waals surface area (Å²) in [6.07, 6.45) is 4.49. The van der Waals surface area contributed by atoms with E-state index >= 15 is 0 Å². The number of rotatable bonds is 6. The number of hydrogen-bond acceptors (Lipinski definition) is 2. The summed E-state index contributed by atoms with van der Waals surface area (Å²) in [5.41, 5.74) is 0. The van der Waals surface area contributed by atoms with Gasteiger partial charge in [0.25, 0.3) is 0 Å². The van der Waals surface area contributed by atoms with Crippen molar-refractivity contribution in [2.45, 2.75) is 39.5 Å².